The SMILES string of the molecule is COc1ccc(CC(N)Cc2cn(C)nn2)cc1OC. The van der Waals surface area contributed by atoms with Gasteiger partial charge in [-0.05, 0) is 24.1 Å². The van der Waals surface area contributed by atoms with Gasteiger partial charge in [0, 0.05) is 25.7 Å². The molecule has 1 aromatic heterocycles. The number of methoxy groups -OCH3 is 2. The molecular weight excluding hydrogens is 256 g/mol. The first kappa shape index (κ1) is 14.3. The Morgan fingerprint density at radius 2 is 1.95 bits per heavy atom. The van der Waals surface area contributed by atoms with Crippen LogP contribution in [-0.4, -0.2) is 35.3 Å². The Balaban J connectivity index is 2.02. The second-order valence-corrected chi connectivity index (χ2v) is 4.74. The highest BCUT2D eigenvalue weighted by Crippen LogP contribution is 2.27. The topological polar surface area (TPSA) is 75.2 Å². The van der Waals surface area contributed by atoms with Crippen molar-refractivity contribution >= 4 is 0 Å². The molecule has 0 aliphatic carbocycles. The van der Waals surface area contributed by atoms with Crippen molar-refractivity contribution in [1.82, 2.24) is 15.0 Å². The van der Waals surface area contributed by atoms with Crippen LogP contribution in [0.2, 0.25) is 0 Å². The quantitative estimate of drug-likeness (QED) is 0.850. The van der Waals surface area contributed by atoms with Crippen LogP contribution in [-0.2, 0) is 19.9 Å². The summed E-state index contributed by atoms with van der Waals surface area (Å²) in [5.74, 6) is 1.44. The molecule has 0 fully saturated rings. The highest BCUT2D eigenvalue weighted by molar-refractivity contribution is 5.43. The average molecular weight is 276 g/mol. The molecule has 2 aromatic rings. The summed E-state index contributed by atoms with van der Waals surface area (Å²) in [6.45, 7) is 0. The Bertz CT molecular complexity index is 568. The zero-order valence-corrected chi connectivity index (χ0v) is 12.0. The number of benzene rings is 1. The van der Waals surface area contributed by atoms with Crippen molar-refractivity contribution in [3.8, 4) is 11.5 Å². The normalized spacial score (nSPS) is 12.2. The third-order valence-corrected chi connectivity index (χ3v) is 3.07. The number of nitrogens with two attached hydrogens (primary N) is 1. The average Bonchev–Trinajstić information content (AvgIpc) is 2.83. The first-order valence-corrected chi connectivity index (χ1v) is 6.44. The third-order valence-electron chi connectivity index (χ3n) is 3.07. The summed E-state index contributed by atoms with van der Waals surface area (Å²) in [4.78, 5) is 0. The number of hydrogen-bond donors (Lipinski definition) is 1. The van der Waals surface area contributed by atoms with Crippen molar-refractivity contribution in [3.05, 3.63) is 35.7 Å². The minimum absolute atomic E-state index is 0.00944. The van der Waals surface area contributed by atoms with E-state index in [4.69, 9.17) is 15.2 Å². The molecule has 2 N–H and O–H groups in total. The van der Waals surface area contributed by atoms with Crippen LogP contribution in [0.3, 0.4) is 0 Å². The van der Waals surface area contributed by atoms with E-state index < -0.39 is 0 Å². The van der Waals surface area contributed by atoms with Crippen LogP contribution in [0.1, 0.15) is 11.3 Å². The van der Waals surface area contributed by atoms with E-state index in [-0.39, 0.29) is 6.04 Å². The molecule has 6 heteroatoms. The van der Waals surface area contributed by atoms with Crippen LogP contribution in [0.15, 0.2) is 24.4 Å². The van der Waals surface area contributed by atoms with Gasteiger partial charge in [0.15, 0.2) is 11.5 Å². The van der Waals surface area contributed by atoms with Crippen molar-refractivity contribution in [2.45, 2.75) is 18.9 Å². The van der Waals surface area contributed by atoms with E-state index in [0.29, 0.717) is 6.42 Å². The van der Waals surface area contributed by atoms with Gasteiger partial charge in [-0.15, -0.1) is 5.10 Å². The molecule has 0 aliphatic rings. The maximum atomic E-state index is 6.16. The Morgan fingerprint density at radius 3 is 2.55 bits per heavy atom. The van der Waals surface area contributed by atoms with Gasteiger partial charge in [0.25, 0.3) is 0 Å². The van der Waals surface area contributed by atoms with Crippen LogP contribution >= 0.6 is 0 Å². The van der Waals surface area contributed by atoms with E-state index in [1.807, 2.05) is 31.4 Å². The molecule has 1 heterocycles. The summed E-state index contributed by atoms with van der Waals surface area (Å²) < 4.78 is 12.2. The molecule has 0 aliphatic heterocycles. The lowest BCUT2D eigenvalue weighted by molar-refractivity contribution is 0.354. The van der Waals surface area contributed by atoms with Crippen molar-refractivity contribution in [2.24, 2.45) is 12.8 Å². The van der Waals surface area contributed by atoms with Crippen LogP contribution in [0.25, 0.3) is 0 Å². The number of aryl methyl sites for hydroxylation is 1. The van der Waals surface area contributed by atoms with Crippen LogP contribution in [0.4, 0.5) is 0 Å². The fourth-order valence-corrected chi connectivity index (χ4v) is 2.14. The van der Waals surface area contributed by atoms with Crippen molar-refractivity contribution in [3.63, 3.8) is 0 Å². The van der Waals surface area contributed by atoms with E-state index in [2.05, 4.69) is 10.3 Å². The maximum absolute atomic E-state index is 6.16. The Kier molecular flexibility index (Phi) is 4.57. The molecule has 108 valence electrons. The molecule has 6 nitrogen and oxygen atoms in total. The largest absolute Gasteiger partial charge is 0.493 e. The molecule has 1 atom stereocenters. The van der Waals surface area contributed by atoms with Gasteiger partial charge < -0.3 is 15.2 Å². The minimum atomic E-state index is -0.00944. The molecular formula is C14H20N4O2. The van der Waals surface area contributed by atoms with Crippen molar-refractivity contribution in [1.29, 1.82) is 0 Å². The minimum Gasteiger partial charge on any atom is -0.493 e. The van der Waals surface area contributed by atoms with E-state index in [1.165, 1.54) is 0 Å². The number of ether oxygens (including phenoxy) is 2. The Labute approximate surface area is 118 Å². The third kappa shape index (κ3) is 3.48. The Morgan fingerprint density at radius 1 is 1.20 bits per heavy atom. The Hall–Kier alpha value is -2.08. The zero-order chi connectivity index (χ0) is 14.5. The summed E-state index contributed by atoms with van der Waals surface area (Å²) in [7, 11) is 5.09. The van der Waals surface area contributed by atoms with Gasteiger partial charge >= 0.3 is 0 Å². The van der Waals surface area contributed by atoms with Crippen molar-refractivity contribution < 1.29 is 9.47 Å². The highest BCUT2D eigenvalue weighted by Gasteiger charge is 2.10. The number of hydrogen-bond acceptors (Lipinski definition) is 5. The second kappa shape index (κ2) is 6.38. The summed E-state index contributed by atoms with van der Waals surface area (Å²) in [6.07, 6.45) is 3.33. The molecule has 1 aromatic carbocycles. The number of nitrogens with zero attached hydrogens (tertiary/aromatic N) is 3. The van der Waals surface area contributed by atoms with Crippen molar-refractivity contribution in [2.75, 3.05) is 14.2 Å². The lowest BCUT2D eigenvalue weighted by atomic mass is 10.0. The first-order chi connectivity index (χ1) is 9.62. The molecule has 20 heavy (non-hydrogen) atoms. The lowest BCUT2D eigenvalue weighted by Crippen LogP contribution is -2.25. The van der Waals surface area contributed by atoms with Gasteiger partial charge in [-0.3, -0.25) is 4.68 Å². The molecule has 1 unspecified atom stereocenters. The molecule has 0 spiro atoms. The van der Waals surface area contributed by atoms with Gasteiger partial charge in [-0.25, -0.2) is 0 Å². The standard InChI is InChI=1S/C14H20N4O2/c1-18-9-12(16-17-18)8-11(15)6-10-4-5-13(19-2)14(7-10)20-3/h4-5,7,9,11H,6,8,15H2,1-3H3. The second-order valence-electron chi connectivity index (χ2n) is 4.74. The fourth-order valence-electron chi connectivity index (χ4n) is 2.14. The predicted octanol–water partition coefficient (Wildman–Crippen LogP) is 0.945. The van der Waals surface area contributed by atoms with Gasteiger partial charge in [0.2, 0.25) is 0 Å². The van der Waals surface area contributed by atoms with Gasteiger partial charge in [0.05, 0.1) is 19.9 Å². The number of rotatable bonds is 6. The molecule has 0 amide bonds. The van der Waals surface area contributed by atoms with Crippen LogP contribution < -0.4 is 15.2 Å². The summed E-state index contributed by atoms with van der Waals surface area (Å²) in [5.41, 5.74) is 8.17. The first-order valence-electron chi connectivity index (χ1n) is 6.44. The molecule has 0 radical (unpaired) electrons. The molecule has 0 saturated carbocycles. The molecule has 0 bridgehead atoms. The maximum Gasteiger partial charge on any atom is 0.160 e. The summed E-state index contributed by atoms with van der Waals surface area (Å²) in [6, 6.07) is 5.83. The van der Waals surface area contributed by atoms with Gasteiger partial charge in [-0.1, -0.05) is 11.3 Å². The van der Waals surface area contributed by atoms with E-state index >= 15 is 0 Å². The van der Waals surface area contributed by atoms with Gasteiger partial charge in [0.1, 0.15) is 0 Å². The molecule has 0 saturated heterocycles. The number of aromatic nitrogens is 3. The highest BCUT2D eigenvalue weighted by atomic mass is 16.5. The van der Waals surface area contributed by atoms with Crippen LogP contribution in [0.5, 0.6) is 11.5 Å². The van der Waals surface area contributed by atoms with E-state index in [1.54, 1.807) is 18.9 Å². The predicted molar refractivity (Wildman–Crippen MR) is 75.9 cm³/mol. The smallest absolute Gasteiger partial charge is 0.160 e. The van der Waals surface area contributed by atoms with Gasteiger partial charge in [-0.2, -0.15) is 0 Å². The van der Waals surface area contributed by atoms with E-state index in [0.717, 1.165) is 29.2 Å². The van der Waals surface area contributed by atoms with Crippen LogP contribution in [0, 0.1) is 0 Å². The molecule has 2 rings (SSSR count). The van der Waals surface area contributed by atoms with E-state index in [9.17, 15) is 0 Å². The monoisotopic (exact) mass is 276 g/mol. The fraction of sp³-hybridized carbons (Fsp3) is 0.429. The summed E-state index contributed by atoms with van der Waals surface area (Å²) >= 11 is 0. The zero-order valence-electron chi connectivity index (χ0n) is 12.0. The summed E-state index contributed by atoms with van der Waals surface area (Å²) in [5, 5.41) is 7.95. The lowest BCUT2D eigenvalue weighted by Gasteiger charge is -2.12.